The van der Waals surface area contributed by atoms with Crippen LogP contribution in [0.4, 0.5) is 0 Å². The van der Waals surface area contributed by atoms with Crippen LogP contribution >= 0.6 is 0 Å². The van der Waals surface area contributed by atoms with Crippen molar-refractivity contribution in [2.45, 2.75) is 24.8 Å². The lowest BCUT2D eigenvalue weighted by atomic mass is 9.91. The van der Waals surface area contributed by atoms with Gasteiger partial charge in [-0.05, 0) is 42.7 Å². The fraction of sp³-hybridized carbons (Fsp3) is 0.174. The van der Waals surface area contributed by atoms with Gasteiger partial charge in [-0.25, -0.2) is 9.97 Å². The zero-order valence-electron chi connectivity index (χ0n) is 16.6. The van der Waals surface area contributed by atoms with Gasteiger partial charge in [-0.2, -0.15) is 5.10 Å². The molecule has 0 atom stereocenters. The van der Waals surface area contributed by atoms with Gasteiger partial charge in [0.15, 0.2) is 0 Å². The maximum absolute atomic E-state index is 11.2. The van der Waals surface area contributed by atoms with E-state index in [1.54, 1.807) is 12.4 Å². The second-order valence-electron chi connectivity index (χ2n) is 8.01. The van der Waals surface area contributed by atoms with E-state index in [4.69, 9.17) is 5.73 Å². The number of pyridine rings is 1. The molecule has 2 N–H and O–H groups in total. The second kappa shape index (κ2) is 6.46. The van der Waals surface area contributed by atoms with Crippen LogP contribution in [0, 0.1) is 0 Å². The summed E-state index contributed by atoms with van der Waals surface area (Å²) < 4.78 is 3.59. The van der Waals surface area contributed by atoms with Crippen molar-refractivity contribution >= 4 is 22.6 Å². The van der Waals surface area contributed by atoms with E-state index >= 15 is 0 Å². The molecule has 4 heterocycles. The molecular weight excluding hydrogens is 390 g/mol. The molecule has 8 nitrogen and oxygen atoms in total. The van der Waals surface area contributed by atoms with Crippen LogP contribution in [0.5, 0.6) is 0 Å². The highest BCUT2D eigenvalue weighted by molar-refractivity contribution is 5.79. The molecule has 0 radical (unpaired) electrons. The van der Waals surface area contributed by atoms with Crippen molar-refractivity contribution in [1.82, 2.24) is 29.1 Å². The molecule has 0 spiro atoms. The Balaban J connectivity index is 1.43. The second-order valence-corrected chi connectivity index (χ2v) is 8.01. The van der Waals surface area contributed by atoms with Gasteiger partial charge in [0.2, 0.25) is 11.7 Å². The molecule has 1 aromatic carbocycles. The fourth-order valence-electron chi connectivity index (χ4n) is 4.31. The van der Waals surface area contributed by atoms with E-state index in [1.165, 1.54) is 10.2 Å². The molecule has 6 rings (SSSR count). The molecule has 5 aromatic rings. The first kappa shape index (κ1) is 17.8. The summed E-state index contributed by atoms with van der Waals surface area (Å²) in [6.07, 6.45) is 11.4. The summed E-state index contributed by atoms with van der Waals surface area (Å²) in [5, 5.41) is 5.58. The molecule has 0 aliphatic heterocycles. The summed E-state index contributed by atoms with van der Waals surface area (Å²) in [5.74, 6) is 0.227. The van der Waals surface area contributed by atoms with Crippen LogP contribution in [0.1, 0.15) is 24.1 Å². The summed E-state index contributed by atoms with van der Waals surface area (Å²) in [4.78, 5) is 24.7. The van der Waals surface area contributed by atoms with Crippen LogP contribution in [0.25, 0.3) is 27.9 Å². The number of rotatable bonds is 5. The average Bonchev–Trinajstić information content (AvgIpc) is 3.25. The number of imidazole rings is 1. The van der Waals surface area contributed by atoms with E-state index in [-0.39, 0.29) is 12.0 Å². The first-order valence-corrected chi connectivity index (χ1v) is 10.1. The van der Waals surface area contributed by atoms with Gasteiger partial charge in [-0.3, -0.25) is 18.9 Å². The number of amides is 1. The van der Waals surface area contributed by atoms with Crippen LogP contribution in [-0.2, 0) is 16.8 Å². The minimum atomic E-state index is -0.429. The number of primary amides is 1. The number of hydrogen-bond acceptors (Lipinski definition) is 5. The summed E-state index contributed by atoms with van der Waals surface area (Å²) in [6.45, 7) is 0.0475. The summed E-state index contributed by atoms with van der Waals surface area (Å²) in [7, 11) is 0. The zero-order chi connectivity index (χ0) is 21.0. The van der Waals surface area contributed by atoms with Crippen molar-refractivity contribution in [3.05, 3.63) is 78.6 Å². The summed E-state index contributed by atoms with van der Waals surface area (Å²) >= 11 is 0. The van der Waals surface area contributed by atoms with Crippen LogP contribution in [0.15, 0.2) is 67.4 Å². The quantitative estimate of drug-likeness (QED) is 0.481. The first-order valence-electron chi connectivity index (χ1n) is 10.1. The molecule has 8 heteroatoms. The van der Waals surface area contributed by atoms with Crippen molar-refractivity contribution in [2.75, 3.05) is 0 Å². The highest BCUT2D eigenvalue weighted by atomic mass is 16.1. The standard InChI is InChI=1S/C23H19N7O/c24-21(31)14-29-9-5-19(28-29)16-11-26-22-27-12-20(30(22)13-16)23(6-7-23)17-3-4-18-15(10-17)2-1-8-25-18/h1-5,8-13H,6-7,14H2,(H2,24,31). The first-order chi connectivity index (χ1) is 15.1. The smallest absolute Gasteiger partial charge is 0.239 e. The van der Waals surface area contributed by atoms with Crippen molar-refractivity contribution in [3.8, 4) is 11.3 Å². The Bertz CT molecular complexity index is 1460. The highest BCUT2D eigenvalue weighted by Crippen LogP contribution is 2.53. The van der Waals surface area contributed by atoms with Gasteiger partial charge in [0.05, 0.1) is 23.1 Å². The van der Waals surface area contributed by atoms with E-state index in [9.17, 15) is 4.79 Å². The molecule has 1 fully saturated rings. The number of fused-ring (bicyclic) bond motifs is 2. The normalized spacial score (nSPS) is 14.8. The molecule has 0 unspecified atom stereocenters. The molecule has 1 aliphatic carbocycles. The van der Waals surface area contributed by atoms with E-state index in [2.05, 4.69) is 48.7 Å². The zero-order valence-corrected chi connectivity index (χ0v) is 16.6. The molecule has 1 saturated carbocycles. The Hall–Kier alpha value is -4.07. The molecule has 0 saturated heterocycles. The molecule has 1 aliphatic rings. The lowest BCUT2D eigenvalue weighted by Gasteiger charge is -2.16. The molecule has 4 aromatic heterocycles. The number of nitrogens with two attached hydrogens (primary N) is 1. The molecular formula is C23H19N7O. The third-order valence-electron chi connectivity index (χ3n) is 6.01. The van der Waals surface area contributed by atoms with Crippen molar-refractivity contribution in [2.24, 2.45) is 5.73 Å². The van der Waals surface area contributed by atoms with Gasteiger partial charge in [0.1, 0.15) is 6.54 Å². The Morgan fingerprint density at radius 2 is 1.97 bits per heavy atom. The molecule has 0 bridgehead atoms. The summed E-state index contributed by atoms with van der Waals surface area (Å²) in [6, 6.07) is 12.4. The maximum Gasteiger partial charge on any atom is 0.239 e. The summed E-state index contributed by atoms with van der Waals surface area (Å²) in [5.41, 5.74) is 10.2. The van der Waals surface area contributed by atoms with Crippen molar-refractivity contribution < 1.29 is 4.79 Å². The van der Waals surface area contributed by atoms with E-state index in [0.717, 1.165) is 40.7 Å². The van der Waals surface area contributed by atoms with Gasteiger partial charge in [0.25, 0.3) is 0 Å². The third-order valence-corrected chi connectivity index (χ3v) is 6.01. The van der Waals surface area contributed by atoms with Gasteiger partial charge in [0, 0.05) is 41.2 Å². The minimum absolute atomic E-state index is 0.0475. The molecule has 31 heavy (non-hydrogen) atoms. The number of carbonyl (C=O) groups is 1. The van der Waals surface area contributed by atoms with Crippen LogP contribution in [0.2, 0.25) is 0 Å². The van der Waals surface area contributed by atoms with E-state index < -0.39 is 5.91 Å². The predicted molar refractivity (Wildman–Crippen MR) is 115 cm³/mol. The lowest BCUT2D eigenvalue weighted by molar-refractivity contribution is -0.118. The van der Waals surface area contributed by atoms with Gasteiger partial charge >= 0.3 is 0 Å². The van der Waals surface area contributed by atoms with Crippen molar-refractivity contribution in [3.63, 3.8) is 0 Å². The molecule has 1 amide bonds. The van der Waals surface area contributed by atoms with Crippen LogP contribution in [-0.4, -0.2) is 35.0 Å². The molecule has 152 valence electrons. The number of benzene rings is 1. The Morgan fingerprint density at radius 3 is 2.81 bits per heavy atom. The topological polar surface area (TPSA) is 104 Å². The van der Waals surface area contributed by atoms with Gasteiger partial charge < -0.3 is 5.73 Å². The van der Waals surface area contributed by atoms with Crippen LogP contribution in [0.3, 0.4) is 0 Å². The van der Waals surface area contributed by atoms with E-state index in [1.807, 2.05) is 30.7 Å². The van der Waals surface area contributed by atoms with Gasteiger partial charge in [-0.15, -0.1) is 0 Å². The maximum atomic E-state index is 11.2. The van der Waals surface area contributed by atoms with E-state index in [0.29, 0.717) is 5.78 Å². The van der Waals surface area contributed by atoms with Gasteiger partial charge in [-0.1, -0.05) is 12.1 Å². The monoisotopic (exact) mass is 409 g/mol. The Labute approximate surface area is 177 Å². The lowest BCUT2D eigenvalue weighted by Crippen LogP contribution is -2.18. The number of carbonyl (C=O) groups excluding carboxylic acids is 1. The largest absolute Gasteiger partial charge is 0.368 e. The SMILES string of the molecule is NC(=O)Cn1ccc(-c2cnc3ncc(C4(c5ccc6ncccc6c5)CC4)n3c2)n1. The Kier molecular flexibility index (Phi) is 3.70. The van der Waals surface area contributed by atoms with Crippen LogP contribution < -0.4 is 5.73 Å². The Morgan fingerprint density at radius 1 is 1.10 bits per heavy atom. The van der Waals surface area contributed by atoms with Crippen molar-refractivity contribution in [1.29, 1.82) is 0 Å². The minimum Gasteiger partial charge on any atom is -0.368 e. The highest BCUT2D eigenvalue weighted by Gasteiger charge is 2.48. The predicted octanol–water partition coefficient (Wildman–Crippen LogP) is 2.71. The average molecular weight is 409 g/mol. The number of nitrogens with zero attached hydrogens (tertiary/aromatic N) is 6. The fourth-order valence-corrected chi connectivity index (χ4v) is 4.31. The number of aromatic nitrogens is 6. The number of hydrogen-bond donors (Lipinski definition) is 1. The third kappa shape index (κ3) is 2.87.